The number of imidazole rings is 2. The second kappa shape index (κ2) is 4.53. The summed E-state index contributed by atoms with van der Waals surface area (Å²) < 4.78 is 4.19. The average Bonchev–Trinajstić information content (AvgIpc) is 2.93. The number of aryl methyl sites for hydroxylation is 5. The van der Waals surface area contributed by atoms with Crippen LogP contribution in [-0.2, 0) is 20.0 Å². The molecule has 0 saturated heterocycles. The molecule has 4 nitrogen and oxygen atoms in total. The van der Waals surface area contributed by atoms with E-state index in [1.54, 1.807) is 0 Å². The van der Waals surface area contributed by atoms with Gasteiger partial charge in [0.2, 0.25) is 6.33 Å². The van der Waals surface area contributed by atoms with Gasteiger partial charge in [0, 0.05) is 6.42 Å². The molecule has 19 heavy (non-hydrogen) atoms. The lowest BCUT2D eigenvalue weighted by Gasteiger charge is -2.01. The molecule has 0 aliphatic heterocycles. The SMILES string of the molecule is Cc1cc2nc(CCn3cc[n+](C)c3)[n-]c2cc1C. The molecule has 4 heteroatoms. The molecule has 0 aliphatic carbocycles. The predicted octanol–water partition coefficient (Wildman–Crippen LogP) is 1.68. The van der Waals surface area contributed by atoms with Gasteiger partial charge >= 0.3 is 0 Å². The molecule has 3 aromatic rings. The highest BCUT2D eigenvalue weighted by Gasteiger charge is 2.01. The van der Waals surface area contributed by atoms with E-state index in [1.807, 2.05) is 17.8 Å². The summed E-state index contributed by atoms with van der Waals surface area (Å²) in [5, 5.41) is 0. The monoisotopic (exact) mass is 254 g/mol. The maximum Gasteiger partial charge on any atom is 0.243 e. The first kappa shape index (κ1) is 12.0. The van der Waals surface area contributed by atoms with E-state index in [0.717, 1.165) is 29.8 Å². The van der Waals surface area contributed by atoms with Gasteiger partial charge in [0.1, 0.15) is 12.4 Å². The minimum Gasteiger partial charge on any atom is -0.440 e. The Morgan fingerprint density at radius 3 is 2.79 bits per heavy atom. The van der Waals surface area contributed by atoms with Crippen molar-refractivity contribution >= 4 is 11.0 Å². The van der Waals surface area contributed by atoms with E-state index < -0.39 is 0 Å². The van der Waals surface area contributed by atoms with Gasteiger partial charge in [-0.2, -0.15) is 0 Å². The Labute approximate surface area is 112 Å². The van der Waals surface area contributed by atoms with Gasteiger partial charge in [-0.05, 0) is 36.0 Å². The molecule has 98 valence electrons. The third kappa shape index (κ3) is 2.38. The van der Waals surface area contributed by atoms with Crippen LogP contribution in [0.5, 0.6) is 0 Å². The maximum absolute atomic E-state index is 4.61. The Hall–Kier alpha value is -2.10. The number of rotatable bonds is 3. The van der Waals surface area contributed by atoms with Gasteiger partial charge < -0.3 is 9.97 Å². The highest BCUT2D eigenvalue weighted by molar-refractivity contribution is 5.76. The number of hydrogen-bond donors (Lipinski definition) is 0. The summed E-state index contributed by atoms with van der Waals surface area (Å²) >= 11 is 0. The van der Waals surface area contributed by atoms with Crippen molar-refractivity contribution in [2.45, 2.75) is 26.8 Å². The van der Waals surface area contributed by atoms with Gasteiger partial charge in [0.25, 0.3) is 0 Å². The first-order valence-electron chi connectivity index (χ1n) is 6.53. The Kier molecular flexibility index (Phi) is 2.85. The molecule has 0 bridgehead atoms. The van der Waals surface area contributed by atoms with Gasteiger partial charge in [-0.1, -0.05) is 18.0 Å². The molecule has 0 radical (unpaired) electrons. The standard InChI is InChI=1S/C15H18N4/c1-11-8-13-14(9-12(11)2)17-15(16-13)4-5-19-7-6-18(3)10-19/h6-10H,4-5H2,1-3H3. The van der Waals surface area contributed by atoms with E-state index in [0.29, 0.717) is 0 Å². The quantitative estimate of drug-likeness (QED) is 0.667. The Bertz CT molecular complexity index is 682. The highest BCUT2D eigenvalue weighted by Crippen LogP contribution is 2.16. The normalized spacial score (nSPS) is 11.3. The summed E-state index contributed by atoms with van der Waals surface area (Å²) in [6.45, 7) is 5.14. The number of hydrogen-bond acceptors (Lipinski definition) is 1. The van der Waals surface area contributed by atoms with Crippen LogP contribution < -0.4 is 9.55 Å². The summed E-state index contributed by atoms with van der Waals surface area (Å²) in [6, 6.07) is 4.24. The highest BCUT2D eigenvalue weighted by atomic mass is 15.1. The Morgan fingerprint density at radius 1 is 1.26 bits per heavy atom. The molecule has 2 heterocycles. The lowest BCUT2D eigenvalue weighted by atomic mass is 10.1. The maximum atomic E-state index is 4.61. The molecule has 0 N–H and O–H groups in total. The van der Waals surface area contributed by atoms with Crippen LogP contribution in [0.1, 0.15) is 17.0 Å². The van der Waals surface area contributed by atoms with Crippen molar-refractivity contribution in [1.82, 2.24) is 14.5 Å². The summed E-state index contributed by atoms with van der Waals surface area (Å²) in [4.78, 5) is 9.21. The first-order valence-corrected chi connectivity index (χ1v) is 6.53. The van der Waals surface area contributed by atoms with E-state index >= 15 is 0 Å². The topological polar surface area (TPSA) is 35.8 Å². The van der Waals surface area contributed by atoms with Crippen LogP contribution in [0.15, 0.2) is 30.9 Å². The van der Waals surface area contributed by atoms with E-state index in [-0.39, 0.29) is 0 Å². The molecule has 0 amide bonds. The predicted molar refractivity (Wildman–Crippen MR) is 73.8 cm³/mol. The lowest BCUT2D eigenvalue weighted by molar-refractivity contribution is -0.671. The number of benzene rings is 1. The van der Waals surface area contributed by atoms with Crippen LogP contribution in [0.3, 0.4) is 0 Å². The van der Waals surface area contributed by atoms with E-state index in [1.165, 1.54) is 11.1 Å². The van der Waals surface area contributed by atoms with Crippen LogP contribution >= 0.6 is 0 Å². The Balaban J connectivity index is 1.81. The van der Waals surface area contributed by atoms with Crippen molar-refractivity contribution in [3.05, 3.63) is 47.8 Å². The van der Waals surface area contributed by atoms with Crippen molar-refractivity contribution < 1.29 is 4.57 Å². The minimum atomic E-state index is 0.863. The van der Waals surface area contributed by atoms with Crippen LogP contribution in [0.4, 0.5) is 0 Å². The zero-order chi connectivity index (χ0) is 13.4. The third-order valence-electron chi connectivity index (χ3n) is 3.51. The van der Waals surface area contributed by atoms with Crippen molar-refractivity contribution in [2.24, 2.45) is 7.05 Å². The number of nitrogens with zero attached hydrogens (tertiary/aromatic N) is 4. The van der Waals surface area contributed by atoms with Crippen molar-refractivity contribution in [2.75, 3.05) is 0 Å². The third-order valence-corrected chi connectivity index (χ3v) is 3.51. The van der Waals surface area contributed by atoms with Crippen LogP contribution in [-0.4, -0.2) is 9.55 Å². The second-order valence-corrected chi connectivity index (χ2v) is 5.13. The molecule has 0 aliphatic rings. The molecule has 1 aromatic carbocycles. The van der Waals surface area contributed by atoms with E-state index in [4.69, 9.17) is 0 Å². The number of aromatic nitrogens is 4. The summed E-state index contributed by atoms with van der Waals surface area (Å²) in [7, 11) is 2.02. The largest absolute Gasteiger partial charge is 0.440 e. The lowest BCUT2D eigenvalue weighted by Crippen LogP contribution is -2.23. The van der Waals surface area contributed by atoms with E-state index in [2.05, 4.69) is 53.0 Å². The molecule has 0 fully saturated rings. The zero-order valence-corrected chi connectivity index (χ0v) is 11.6. The van der Waals surface area contributed by atoms with Gasteiger partial charge in [-0.15, -0.1) is 0 Å². The summed E-state index contributed by atoms with van der Waals surface area (Å²) in [6.07, 6.45) is 7.03. The summed E-state index contributed by atoms with van der Waals surface area (Å²) in [5.41, 5.74) is 4.57. The Morgan fingerprint density at radius 2 is 2.05 bits per heavy atom. The molecule has 0 saturated carbocycles. The minimum absolute atomic E-state index is 0.863. The van der Waals surface area contributed by atoms with Crippen molar-refractivity contribution in [3.63, 3.8) is 0 Å². The molecule has 0 atom stereocenters. The van der Waals surface area contributed by atoms with Crippen molar-refractivity contribution in [1.29, 1.82) is 0 Å². The van der Waals surface area contributed by atoms with E-state index in [9.17, 15) is 0 Å². The first-order chi connectivity index (χ1) is 9.11. The molecule has 0 unspecified atom stereocenters. The molecule has 3 rings (SSSR count). The van der Waals surface area contributed by atoms with Crippen LogP contribution in [0.2, 0.25) is 0 Å². The van der Waals surface area contributed by atoms with Gasteiger partial charge in [-0.3, -0.25) is 0 Å². The van der Waals surface area contributed by atoms with Crippen LogP contribution in [0, 0.1) is 13.8 Å². The van der Waals surface area contributed by atoms with Gasteiger partial charge in [0.15, 0.2) is 0 Å². The summed E-state index contributed by atoms with van der Waals surface area (Å²) in [5.74, 6) is 0.927. The zero-order valence-electron chi connectivity index (χ0n) is 11.6. The van der Waals surface area contributed by atoms with Crippen LogP contribution in [0.25, 0.3) is 11.0 Å². The van der Waals surface area contributed by atoms with Crippen molar-refractivity contribution in [3.8, 4) is 0 Å². The molecule has 2 aromatic heterocycles. The molecular weight excluding hydrogens is 236 g/mol. The van der Waals surface area contributed by atoms with Gasteiger partial charge in [-0.25, -0.2) is 9.13 Å². The fraction of sp³-hybridized carbons (Fsp3) is 0.333. The second-order valence-electron chi connectivity index (χ2n) is 5.13. The fourth-order valence-electron chi connectivity index (χ4n) is 2.24. The molecular formula is C15H18N4. The number of fused-ring (bicyclic) bond motifs is 1. The fourth-order valence-corrected chi connectivity index (χ4v) is 2.24. The average molecular weight is 254 g/mol. The smallest absolute Gasteiger partial charge is 0.243 e. The molecule has 0 spiro atoms. The van der Waals surface area contributed by atoms with Gasteiger partial charge in [0.05, 0.1) is 13.6 Å².